The Morgan fingerprint density at radius 3 is 2.68 bits per heavy atom. The first-order chi connectivity index (χ1) is 16.5. The van der Waals surface area contributed by atoms with E-state index in [1.807, 2.05) is 36.4 Å². The van der Waals surface area contributed by atoms with Crippen molar-refractivity contribution >= 4 is 39.4 Å². The van der Waals surface area contributed by atoms with Crippen LogP contribution in [-0.4, -0.2) is 25.4 Å². The van der Waals surface area contributed by atoms with Gasteiger partial charge in [-0.05, 0) is 48.9 Å². The Hall–Kier alpha value is -4.73. The van der Waals surface area contributed by atoms with Gasteiger partial charge >= 0.3 is 5.76 Å². The molecule has 5 aromatic rings. The van der Waals surface area contributed by atoms with Crippen molar-refractivity contribution in [3.8, 4) is 11.4 Å². The third kappa shape index (κ3) is 4.16. The summed E-state index contributed by atoms with van der Waals surface area (Å²) in [4.78, 5) is 42.7. The molecule has 2 aromatic heterocycles. The lowest BCUT2D eigenvalue weighted by molar-refractivity contribution is -0.384. The Balaban J connectivity index is 1.19. The SMILES string of the molecule is O=C(CCCn1c(=O)oc2cc([N+](=O)[O-])ccc21)Nc1ccc(-c2nc3ccccc3[nH]2)cc1. The maximum Gasteiger partial charge on any atom is 0.419 e. The summed E-state index contributed by atoms with van der Waals surface area (Å²) in [5.74, 6) is -0.0488. The van der Waals surface area contributed by atoms with E-state index in [4.69, 9.17) is 4.42 Å². The molecule has 2 heterocycles. The number of nitrogens with zero attached hydrogens (tertiary/aromatic N) is 3. The summed E-state index contributed by atoms with van der Waals surface area (Å²) < 4.78 is 6.47. The number of aryl methyl sites for hydroxylation is 1. The van der Waals surface area contributed by atoms with Crippen molar-refractivity contribution in [3.05, 3.63) is 87.4 Å². The summed E-state index contributed by atoms with van der Waals surface area (Å²) in [6.07, 6.45) is 0.589. The first kappa shape index (κ1) is 21.1. The maximum absolute atomic E-state index is 12.4. The van der Waals surface area contributed by atoms with E-state index in [1.54, 1.807) is 12.1 Å². The number of carbonyl (C=O) groups excluding carboxylic acids is 1. The minimum Gasteiger partial charge on any atom is -0.407 e. The standard InChI is InChI=1S/C24H19N5O5/c30-22(6-3-13-28-20-12-11-17(29(32)33)14-21(20)34-24(28)31)25-16-9-7-15(8-10-16)23-26-18-4-1-2-5-19(18)27-23/h1-2,4-5,7-12,14H,3,6,13H2,(H,25,30)(H,26,27). The molecule has 0 saturated carbocycles. The van der Waals surface area contributed by atoms with Gasteiger partial charge in [-0.2, -0.15) is 0 Å². The number of carbonyl (C=O) groups is 1. The Kier molecular flexibility index (Phi) is 5.38. The number of fused-ring (bicyclic) bond motifs is 2. The fourth-order valence-electron chi connectivity index (χ4n) is 3.80. The van der Waals surface area contributed by atoms with Crippen molar-refractivity contribution in [2.24, 2.45) is 0 Å². The quantitative estimate of drug-likeness (QED) is 0.273. The molecule has 3 aromatic carbocycles. The van der Waals surface area contributed by atoms with E-state index in [-0.39, 0.29) is 30.1 Å². The van der Waals surface area contributed by atoms with Crippen molar-refractivity contribution in [3.63, 3.8) is 0 Å². The first-order valence-electron chi connectivity index (χ1n) is 10.6. The van der Waals surface area contributed by atoms with E-state index < -0.39 is 10.7 Å². The van der Waals surface area contributed by atoms with E-state index in [0.717, 1.165) is 22.4 Å². The molecule has 0 radical (unpaired) electrons. The molecular formula is C24H19N5O5. The van der Waals surface area contributed by atoms with Crippen LogP contribution in [0.1, 0.15) is 12.8 Å². The van der Waals surface area contributed by atoms with Crippen LogP contribution in [0.2, 0.25) is 0 Å². The van der Waals surface area contributed by atoms with Gasteiger partial charge < -0.3 is 14.7 Å². The second-order valence-corrected chi connectivity index (χ2v) is 7.76. The number of benzene rings is 3. The summed E-state index contributed by atoms with van der Waals surface area (Å²) in [6, 6.07) is 19.2. The van der Waals surface area contributed by atoms with Crippen molar-refractivity contribution in [1.82, 2.24) is 14.5 Å². The van der Waals surface area contributed by atoms with E-state index in [0.29, 0.717) is 17.6 Å². The third-order valence-corrected chi connectivity index (χ3v) is 5.48. The number of nitro groups is 1. The fourth-order valence-corrected chi connectivity index (χ4v) is 3.80. The van der Waals surface area contributed by atoms with Gasteiger partial charge in [0.25, 0.3) is 5.69 Å². The lowest BCUT2D eigenvalue weighted by Crippen LogP contribution is -2.17. The number of nitrogens with one attached hydrogen (secondary N) is 2. The van der Waals surface area contributed by atoms with Crippen molar-refractivity contribution in [2.75, 3.05) is 5.32 Å². The Morgan fingerprint density at radius 2 is 1.91 bits per heavy atom. The minimum absolute atomic E-state index is 0.146. The van der Waals surface area contributed by atoms with Crippen LogP contribution in [0, 0.1) is 10.1 Å². The number of oxazole rings is 1. The second-order valence-electron chi connectivity index (χ2n) is 7.76. The number of nitro benzene ring substituents is 1. The Labute approximate surface area is 192 Å². The Morgan fingerprint density at radius 1 is 1.12 bits per heavy atom. The molecule has 1 amide bonds. The predicted octanol–water partition coefficient (Wildman–Crippen LogP) is 4.46. The van der Waals surface area contributed by atoms with Gasteiger partial charge in [-0.3, -0.25) is 19.5 Å². The zero-order valence-electron chi connectivity index (χ0n) is 17.9. The number of rotatable bonds is 7. The van der Waals surface area contributed by atoms with Crippen LogP contribution in [0.25, 0.3) is 33.5 Å². The van der Waals surface area contributed by atoms with Gasteiger partial charge in [-0.15, -0.1) is 0 Å². The molecular weight excluding hydrogens is 438 g/mol. The number of anilines is 1. The van der Waals surface area contributed by atoms with Gasteiger partial charge in [0.15, 0.2) is 5.58 Å². The topological polar surface area (TPSA) is 136 Å². The number of aromatic amines is 1. The molecule has 0 aliphatic heterocycles. The minimum atomic E-state index is -0.614. The summed E-state index contributed by atoms with van der Waals surface area (Å²) in [5, 5.41) is 13.7. The van der Waals surface area contributed by atoms with E-state index in [9.17, 15) is 19.7 Å². The van der Waals surface area contributed by atoms with Crippen LogP contribution in [0.3, 0.4) is 0 Å². The number of hydrogen-bond acceptors (Lipinski definition) is 6. The van der Waals surface area contributed by atoms with Gasteiger partial charge in [-0.1, -0.05) is 12.1 Å². The molecule has 0 unspecified atom stereocenters. The highest BCUT2D eigenvalue weighted by atomic mass is 16.6. The highest BCUT2D eigenvalue weighted by molar-refractivity contribution is 5.91. The summed E-state index contributed by atoms with van der Waals surface area (Å²) in [7, 11) is 0. The van der Waals surface area contributed by atoms with E-state index >= 15 is 0 Å². The number of H-pyrrole nitrogens is 1. The van der Waals surface area contributed by atoms with Crippen molar-refractivity contribution in [1.29, 1.82) is 0 Å². The molecule has 34 heavy (non-hydrogen) atoms. The van der Waals surface area contributed by atoms with Gasteiger partial charge in [0, 0.05) is 30.3 Å². The largest absolute Gasteiger partial charge is 0.419 e. The molecule has 2 N–H and O–H groups in total. The smallest absolute Gasteiger partial charge is 0.407 e. The number of amides is 1. The van der Waals surface area contributed by atoms with Gasteiger partial charge in [0.1, 0.15) is 5.82 Å². The van der Waals surface area contributed by atoms with Gasteiger partial charge in [0.05, 0.1) is 27.5 Å². The molecule has 0 saturated heterocycles. The number of non-ortho nitro benzene ring substituents is 1. The number of para-hydroxylation sites is 2. The molecule has 5 rings (SSSR count). The molecule has 0 fully saturated rings. The van der Waals surface area contributed by atoms with Crippen LogP contribution < -0.4 is 11.1 Å². The molecule has 0 atom stereocenters. The predicted molar refractivity (Wildman–Crippen MR) is 127 cm³/mol. The zero-order chi connectivity index (χ0) is 23.7. The summed E-state index contributed by atoms with van der Waals surface area (Å²) in [5.41, 5.74) is 3.85. The average Bonchev–Trinajstić information content (AvgIpc) is 3.40. The van der Waals surface area contributed by atoms with Gasteiger partial charge in [-0.25, -0.2) is 9.78 Å². The fraction of sp³-hybridized carbons (Fsp3) is 0.125. The monoisotopic (exact) mass is 457 g/mol. The lowest BCUT2D eigenvalue weighted by Gasteiger charge is -2.06. The molecule has 170 valence electrons. The number of aromatic nitrogens is 3. The van der Waals surface area contributed by atoms with Crippen LogP contribution in [0.5, 0.6) is 0 Å². The van der Waals surface area contributed by atoms with Crippen LogP contribution >= 0.6 is 0 Å². The molecule has 0 bridgehead atoms. The van der Waals surface area contributed by atoms with Crippen LogP contribution in [-0.2, 0) is 11.3 Å². The van der Waals surface area contributed by atoms with Crippen molar-refractivity contribution < 1.29 is 14.1 Å². The summed E-state index contributed by atoms with van der Waals surface area (Å²) in [6.45, 7) is 0.252. The number of hydrogen-bond donors (Lipinski definition) is 2. The molecule has 0 aliphatic carbocycles. The highest BCUT2D eigenvalue weighted by Gasteiger charge is 2.14. The molecule has 0 aliphatic rings. The molecule has 10 nitrogen and oxygen atoms in total. The average molecular weight is 457 g/mol. The first-order valence-corrected chi connectivity index (χ1v) is 10.6. The summed E-state index contributed by atoms with van der Waals surface area (Å²) >= 11 is 0. The second kappa shape index (κ2) is 8.66. The van der Waals surface area contributed by atoms with Crippen LogP contribution in [0.15, 0.2) is 75.9 Å². The number of imidazole rings is 1. The third-order valence-electron chi connectivity index (χ3n) is 5.48. The normalized spacial score (nSPS) is 11.2. The highest BCUT2D eigenvalue weighted by Crippen LogP contribution is 2.23. The molecule has 10 heteroatoms. The van der Waals surface area contributed by atoms with E-state index in [2.05, 4.69) is 15.3 Å². The lowest BCUT2D eigenvalue weighted by atomic mass is 10.2. The zero-order valence-corrected chi connectivity index (χ0v) is 17.9. The van der Waals surface area contributed by atoms with E-state index in [1.165, 1.54) is 22.8 Å². The maximum atomic E-state index is 12.4. The Bertz CT molecular complexity index is 1550. The van der Waals surface area contributed by atoms with Crippen molar-refractivity contribution in [2.45, 2.75) is 19.4 Å². The molecule has 0 spiro atoms. The van der Waals surface area contributed by atoms with Gasteiger partial charge in [0.2, 0.25) is 5.91 Å². The van der Waals surface area contributed by atoms with Crippen LogP contribution in [0.4, 0.5) is 11.4 Å².